The van der Waals surface area contributed by atoms with E-state index >= 15 is 0 Å². The maximum atomic E-state index is 6.62. The second-order valence-electron chi connectivity index (χ2n) is 15.3. The summed E-state index contributed by atoms with van der Waals surface area (Å²) >= 11 is 0. The van der Waals surface area contributed by atoms with Crippen LogP contribution >= 0.6 is 0 Å². The van der Waals surface area contributed by atoms with E-state index in [1.165, 1.54) is 27.5 Å². The number of hydrogen-bond acceptors (Lipinski definition) is 3. The Morgan fingerprint density at radius 1 is 0.561 bits per heavy atom. The van der Waals surface area contributed by atoms with E-state index in [0.29, 0.717) is 5.92 Å². The predicted octanol–water partition coefficient (Wildman–Crippen LogP) is 15.2. The van der Waals surface area contributed by atoms with Crippen LogP contribution in [0.4, 0.5) is 17.1 Å². The second-order valence-corrected chi connectivity index (χ2v) is 15.3. The third-order valence-corrected chi connectivity index (χ3v) is 12.0. The number of allylic oxidation sites excluding steroid dienone is 1. The largest absolute Gasteiger partial charge is 0.456 e. The van der Waals surface area contributed by atoms with E-state index in [0.717, 1.165) is 89.6 Å². The molecule has 270 valence electrons. The molecule has 0 fully saturated rings. The fraction of sp³-hybridized carbons (Fsp3) is 0.0566. The van der Waals surface area contributed by atoms with Gasteiger partial charge in [0, 0.05) is 49.7 Å². The summed E-state index contributed by atoms with van der Waals surface area (Å²) in [4.78, 5) is 2.40. The van der Waals surface area contributed by atoms with Gasteiger partial charge in [0.05, 0.1) is 16.6 Å². The summed E-state index contributed by atoms with van der Waals surface area (Å²) in [5, 5.41) is 8.03. The van der Waals surface area contributed by atoms with Crippen LogP contribution in [0.5, 0.6) is 0 Å². The highest BCUT2D eigenvalue weighted by Crippen LogP contribution is 2.46. The minimum atomic E-state index is 0.445. The molecule has 0 spiro atoms. The Bertz CT molecular complexity index is 3430. The molecule has 0 radical (unpaired) electrons. The second kappa shape index (κ2) is 12.4. The quantitative estimate of drug-likeness (QED) is 0.177. The molecule has 4 nitrogen and oxygen atoms in total. The number of furan rings is 2. The average Bonchev–Trinajstić information content (AvgIpc) is 3.95. The number of hydrogen-bond donors (Lipinski definition) is 0. The lowest BCUT2D eigenvalue weighted by atomic mass is 9.91. The topological polar surface area (TPSA) is 34.5 Å². The molecule has 0 saturated carbocycles. The summed E-state index contributed by atoms with van der Waals surface area (Å²) < 4.78 is 15.5. The van der Waals surface area contributed by atoms with Gasteiger partial charge < -0.3 is 18.3 Å². The summed E-state index contributed by atoms with van der Waals surface area (Å²) in [6.45, 7) is 2.34. The highest BCUT2D eigenvalue weighted by atomic mass is 16.3. The van der Waals surface area contributed by atoms with Gasteiger partial charge in [-0.15, -0.1) is 0 Å². The summed E-state index contributed by atoms with van der Waals surface area (Å²) in [6, 6.07) is 60.8. The van der Waals surface area contributed by atoms with Gasteiger partial charge >= 0.3 is 0 Å². The first-order valence-electron chi connectivity index (χ1n) is 19.7. The van der Waals surface area contributed by atoms with Crippen molar-refractivity contribution in [1.29, 1.82) is 0 Å². The molecule has 1 aliphatic rings. The Morgan fingerprint density at radius 3 is 2.19 bits per heavy atom. The van der Waals surface area contributed by atoms with E-state index in [2.05, 4.69) is 192 Å². The molecule has 12 rings (SSSR count). The molecule has 4 heteroatoms. The monoisotopic (exact) mass is 732 g/mol. The first-order valence-corrected chi connectivity index (χ1v) is 19.7. The van der Waals surface area contributed by atoms with Crippen molar-refractivity contribution in [2.45, 2.75) is 19.3 Å². The summed E-state index contributed by atoms with van der Waals surface area (Å²) in [6.07, 6.45) is 5.68. The minimum Gasteiger partial charge on any atom is -0.456 e. The van der Waals surface area contributed by atoms with Crippen molar-refractivity contribution >= 4 is 88.7 Å². The maximum Gasteiger partial charge on any atom is 0.143 e. The van der Waals surface area contributed by atoms with E-state index in [4.69, 9.17) is 8.83 Å². The molecule has 0 N–H and O–H groups in total. The molecule has 0 saturated heterocycles. The summed E-state index contributed by atoms with van der Waals surface area (Å²) in [5.41, 5.74) is 14.0. The van der Waals surface area contributed by atoms with Crippen LogP contribution in [0.15, 0.2) is 185 Å². The van der Waals surface area contributed by atoms with E-state index in [9.17, 15) is 0 Å². The molecular formula is C53H36N2O2. The predicted molar refractivity (Wildman–Crippen MR) is 238 cm³/mol. The Balaban J connectivity index is 1.10. The lowest BCUT2D eigenvalue weighted by molar-refractivity contribution is 0.669. The molecule has 1 atom stereocenters. The van der Waals surface area contributed by atoms with Gasteiger partial charge in [-0.05, 0) is 107 Å². The van der Waals surface area contributed by atoms with Gasteiger partial charge in [0.15, 0.2) is 0 Å². The number of anilines is 3. The van der Waals surface area contributed by atoms with Crippen molar-refractivity contribution in [2.75, 3.05) is 4.90 Å². The van der Waals surface area contributed by atoms with Crippen LogP contribution in [0.1, 0.15) is 30.5 Å². The van der Waals surface area contributed by atoms with Crippen LogP contribution in [0.25, 0.3) is 88.4 Å². The highest BCUT2D eigenvalue weighted by Gasteiger charge is 2.25. The van der Waals surface area contributed by atoms with Gasteiger partial charge in [-0.2, -0.15) is 0 Å². The SMILES string of the molecule is CC1CC=Cc2c1c1ccccc1n2-c1cccc(N(c2cccc(-c3cccc4oc5c6ccccc6ccc5c34)c2)c2cccc3oc4ccccc4c23)c1. The highest BCUT2D eigenvalue weighted by molar-refractivity contribution is 6.19. The Labute approximate surface area is 329 Å². The number of fused-ring (bicyclic) bond motifs is 11. The van der Waals surface area contributed by atoms with Gasteiger partial charge in [0.1, 0.15) is 22.3 Å². The number of para-hydroxylation sites is 2. The first-order chi connectivity index (χ1) is 28.2. The van der Waals surface area contributed by atoms with Gasteiger partial charge in [-0.25, -0.2) is 0 Å². The normalized spacial score (nSPS) is 14.1. The number of nitrogens with zero attached hydrogens (tertiary/aromatic N) is 2. The molecule has 0 amide bonds. The zero-order chi connectivity index (χ0) is 37.6. The van der Waals surface area contributed by atoms with Crippen molar-refractivity contribution in [3.8, 4) is 16.8 Å². The molecule has 1 unspecified atom stereocenters. The Kier molecular flexibility index (Phi) is 6.93. The number of rotatable bonds is 5. The minimum absolute atomic E-state index is 0.445. The zero-order valence-electron chi connectivity index (χ0n) is 31.3. The van der Waals surface area contributed by atoms with Crippen molar-refractivity contribution < 1.29 is 8.83 Å². The van der Waals surface area contributed by atoms with Crippen molar-refractivity contribution in [2.24, 2.45) is 0 Å². The van der Waals surface area contributed by atoms with Crippen LogP contribution in [-0.4, -0.2) is 4.57 Å². The molecule has 11 aromatic rings. The number of aromatic nitrogens is 1. The van der Waals surface area contributed by atoms with Crippen molar-refractivity contribution in [3.05, 3.63) is 187 Å². The third-order valence-electron chi connectivity index (χ3n) is 12.0. The van der Waals surface area contributed by atoms with E-state index in [-0.39, 0.29) is 0 Å². The van der Waals surface area contributed by atoms with Gasteiger partial charge in [0.2, 0.25) is 0 Å². The first kappa shape index (κ1) is 32.0. The van der Waals surface area contributed by atoms with Gasteiger partial charge in [-0.3, -0.25) is 0 Å². The van der Waals surface area contributed by atoms with Crippen LogP contribution in [0, 0.1) is 0 Å². The molecule has 8 aromatic carbocycles. The third kappa shape index (κ3) is 4.80. The van der Waals surface area contributed by atoms with Crippen molar-refractivity contribution in [1.82, 2.24) is 4.57 Å². The molecular weight excluding hydrogens is 697 g/mol. The maximum absolute atomic E-state index is 6.62. The molecule has 0 bridgehead atoms. The fourth-order valence-electron chi connectivity index (χ4n) is 9.49. The summed E-state index contributed by atoms with van der Waals surface area (Å²) in [5.74, 6) is 0.445. The molecule has 57 heavy (non-hydrogen) atoms. The van der Waals surface area contributed by atoms with Crippen LogP contribution in [0.3, 0.4) is 0 Å². The van der Waals surface area contributed by atoms with E-state index < -0.39 is 0 Å². The lowest BCUT2D eigenvalue weighted by Gasteiger charge is -2.27. The van der Waals surface area contributed by atoms with E-state index in [1.807, 2.05) is 6.07 Å². The van der Waals surface area contributed by atoms with Crippen LogP contribution < -0.4 is 4.90 Å². The van der Waals surface area contributed by atoms with Gasteiger partial charge in [0.25, 0.3) is 0 Å². The van der Waals surface area contributed by atoms with E-state index in [1.54, 1.807) is 0 Å². The Hall–Kier alpha value is -7.30. The molecule has 3 heterocycles. The van der Waals surface area contributed by atoms with Crippen LogP contribution in [-0.2, 0) is 0 Å². The standard InChI is InChI=1S/C53H36N2O2/c1-33-13-8-24-45-50(33)41-20-4-6-23-44(41)55(45)38-18-10-17-37(32-38)54(46-25-12-28-49-52(46)42-21-5-7-26-47(42)56-49)36-16-9-15-35(31-36)39-22-11-27-48-51(39)43-30-29-34-14-2-3-19-40(34)53(43)57-48/h2-12,14-33H,13H2,1H3. The molecule has 0 aliphatic heterocycles. The van der Waals surface area contributed by atoms with Gasteiger partial charge in [-0.1, -0.05) is 116 Å². The summed E-state index contributed by atoms with van der Waals surface area (Å²) in [7, 11) is 0. The smallest absolute Gasteiger partial charge is 0.143 e. The van der Waals surface area contributed by atoms with Crippen LogP contribution in [0.2, 0.25) is 0 Å². The number of benzene rings is 8. The lowest BCUT2D eigenvalue weighted by Crippen LogP contribution is -2.11. The Morgan fingerprint density at radius 2 is 1.28 bits per heavy atom. The fourth-order valence-corrected chi connectivity index (χ4v) is 9.49. The molecule has 1 aliphatic carbocycles. The zero-order valence-corrected chi connectivity index (χ0v) is 31.3. The average molecular weight is 733 g/mol. The molecule has 3 aromatic heterocycles. The van der Waals surface area contributed by atoms with Crippen molar-refractivity contribution in [3.63, 3.8) is 0 Å².